The molecule has 5 N–H and O–H groups in total. The topological polar surface area (TPSA) is 64.1 Å². The van der Waals surface area contributed by atoms with Crippen molar-refractivity contribution in [3.8, 4) is 0 Å². The maximum absolute atomic E-state index is 5.90. The van der Waals surface area contributed by atoms with Crippen LogP contribution >= 0.6 is 22.9 Å². The van der Waals surface area contributed by atoms with Crippen LogP contribution in [-0.4, -0.2) is 6.54 Å². The molecular weight excluding hydrogens is 218 g/mol. The summed E-state index contributed by atoms with van der Waals surface area (Å²) in [6.45, 7) is 1.88. The summed E-state index contributed by atoms with van der Waals surface area (Å²) in [7, 11) is 0. The predicted molar refractivity (Wildman–Crippen MR) is 62.2 cm³/mol. The van der Waals surface area contributed by atoms with E-state index in [0.29, 0.717) is 0 Å². The highest BCUT2D eigenvalue weighted by molar-refractivity contribution is 7.16. The maximum atomic E-state index is 5.90. The molecule has 1 aliphatic heterocycles. The van der Waals surface area contributed by atoms with Crippen LogP contribution in [0.1, 0.15) is 16.0 Å². The zero-order valence-electron chi connectivity index (χ0n) is 7.64. The van der Waals surface area contributed by atoms with Crippen molar-refractivity contribution in [3.63, 3.8) is 0 Å². The molecule has 1 aliphatic rings. The molecule has 5 heteroatoms. The van der Waals surface area contributed by atoms with E-state index in [9.17, 15) is 0 Å². The Balaban J connectivity index is 2.48. The summed E-state index contributed by atoms with van der Waals surface area (Å²) in [5.74, 6) is 0. The van der Waals surface area contributed by atoms with Crippen molar-refractivity contribution in [1.29, 1.82) is 0 Å². The molecule has 1 aromatic heterocycles. The number of nitrogens with one attached hydrogen (secondary N) is 1. The lowest BCUT2D eigenvalue weighted by atomic mass is 10.1. The van der Waals surface area contributed by atoms with Gasteiger partial charge in [-0.3, -0.25) is 0 Å². The van der Waals surface area contributed by atoms with Crippen molar-refractivity contribution in [2.24, 2.45) is 5.73 Å². The van der Waals surface area contributed by atoms with Gasteiger partial charge in [0.15, 0.2) is 0 Å². The summed E-state index contributed by atoms with van der Waals surface area (Å²) in [5.41, 5.74) is 13.6. The molecule has 3 nitrogen and oxygen atoms in total. The number of nitrogens with two attached hydrogens (primary N) is 2. The number of thiophene rings is 1. The zero-order valence-corrected chi connectivity index (χ0v) is 9.21. The van der Waals surface area contributed by atoms with Gasteiger partial charge < -0.3 is 16.8 Å². The second kappa shape index (κ2) is 3.81. The average Bonchev–Trinajstić information content (AvgIpc) is 2.43. The first-order valence-corrected chi connectivity index (χ1v) is 5.61. The Hall–Kier alpha value is -0.710. The van der Waals surface area contributed by atoms with Crippen molar-refractivity contribution in [2.45, 2.75) is 13.0 Å². The number of halogens is 1. The van der Waals surface area contributed by atoms with Gasteiger partial charge in [0.1, 0.15) is 0 Å². The highest BCUT2D eigenvalue weighted by Crippen LogP contribution is 2.34. The van der Waals surface area contributed by atoms with Crippen LogP contribution < -0.4 is 16.8 Å². The third-order valence-electron chi connectivity index (χ3n) is 2.27. The Morgan fingerprint density at radius 1 is 1.57 bits per heavy atom. The van der Waals surface area contributed by atoms with E-state index in [0.717, 1.165) is 30.1 Å². The number of anilines is 1. The van der Waals surface area contributed by atoms with Crippen LogP contribution in [0.5, 0.6) is 0 Å². The first kappa shape index (κ1) is 9.83. The third-order valence-corrected chi connectivity index (χ3v) is 3.52. The van der Waals surface area contributed by atoms with Gasteiger partial charge in [0.25, 0.3) is 0 Å². The number of rotatable bonds is 1. The van der Waals surface area contributed by atoms with E-state index >= 15 is 0 Å². The Morgan fingerprint density at radius 2 is 2.36 bits per heavy atom. The van der Waals surface area contributed by atoms with Gasteiger partial charge in [0.05, 0.1) is 10.2 Å². The smallest absolute Gasteiger partial charge is 0.0999 e. The zero-order chi connectivity index (χ0) is 10.1. The fraction of sp³-hybridized carbons (Fsp3) is 0.333. The SMILES string of the molecule is N/C(Cl)=C\c1c(N)sc2c1CNCC2. The Labute approximate surface area is 91.7 Å². The Morgan fingerprint density at radius 3 is 3.07 bits per heavy atom. The van der Waals surface area contributed by atoms with Gasteiger partial charge in [-0.25, -0.2) is 0 Å². The van der Waals surface area contributed by atoms with E-state index in [2.05, 4.69) is 5.32 Å². The van der Waals surface area contributed by atoms with Crippen LogP contribution in [0, 0.1) is 0 Å². The van der Waals surface area contributed by atoms with Crippen LogP contribution in [0.4, 0.5) is 5.00 Å². The molecule has 0 atom stereocenters. The first-order chi connectivity index (χ1) is 6.68. The molecule has 2 rings (SSSR count). The van der Waals surface area contributed by atoms with Crippen molar-refractivity contribution >= 4 is 34.0 Å². The molecule has 1 aromatic rings. The minimum atomic E-state index is 0.280. The molecule has 0 spiro atoms. The van der Waals surface area contributed by atoms with Crippen LogP contribution in [0.15, 0.2) is 5.16 Å². The van der Waals surface area contributed by atoms with E-state index in [1.807, 2.05) is 0 Å². The predicted octanol–water partition coefficient (Wildman–Crippen LogP) is 1.47. The molecule has 0 saturated heterocycles. The van der Waals surface area contributed by atoms with Gasteiger partial charge in [-0.05, 0) is 18.1 Å². The number of hydrogen-bond donors (Lipinski definition) is 3. The molecule has 0 saturated carbocycles. The quantitative estimate of drug-likeness (QED) is 0.639. The number of nitrogen functional groups attached to an aromatic ring is 1. The molecule has 0 aliphatic carbocycles. The molecule has 0 aromatic carbocycles. The molecule has 0 fully saturated rings. The van der Waals surface area contributed by atoms with E-state index in [4.69, 9.17) is 23.1 Å². The Bertz CT molecular complexity index is 380. The standard InChI is InChI=1S/C9H12ClN3S/c10-8(11)3-5-6-4-13-2-1-7(6)14-9(5)12/h3,13H,1-2,4,11-12H2/b8-3-. The van der Waals surface area contributed by atoms with Gasteiger partial charge in [0.2, 0.25) is 0 Å². The second-order valence-corrected chi connectivity index (χ2v) is 4.81. The summed E-state index contributed by atoms with van der Waals surface area (Å²) in [6, 6.07) is 0. The first-order valence-electron chi connectivity index (χ1n) is 4.42. The number of fused-ring (bicyclic) bond motifs is 1. The summed E-state index contributed by atoms with van der Waals surface area (Å²) in [6.07, 6.45) is 2.78. The summed E-state index contributed by atoms with van der Waals surface area (Å²) in [4.78, 5) is 1.35. The van der Waals surface area contributed by atoms with Crippen molar-refractivity contribution < 1.29 is 0 Å². The molecule has 76 valence electrons. The van der Waals surface area contributed by atoms with E-state index in [1.165, 1.54) is 10.4 Å². The lowest BCUT2D eigenvalue weighted by Gasteiger charge is -2.12. The molecule has 0 radical (unpaired) electrons. The summed E-state index contributed by atoms with van der Waals surface area (Å²) >= 11 is 7.29. The summed E-state index contributed by atoms with van der Waals surface area (Å²) in [5, 5.41) is 4.39. The van der Waals surface area contributed by atoms with Crippen LogP contribution in [-0.2, 0) is 13.0 Å². The van der Waals surface area contributed by atoms with Crippen LogP contribution in [0.3, 0.4) is 0 Å². The third kappa shape index (κ3) is 1.73. The van der Waals surface area contributed by atoms with E-state index < -0.39 is 0 Å². The number of hydrogen-bond acceptors (Lipinski definition) is 4. The Kier molecular flexibility index (Phi) is 2.67. The fourth-order valence-corrected chi connectivity index (χ4v) is 2.83. The lowest BCUT2D eigenvalue weighted by molar-refractivity contribution is 0.652. The molecule has 0 unspecified atom stereocenters. The van der Waals surface area contributed by atoms with Gasteiger partial charge in [-0.15, -0.1) is 11.3 Å². The highest BCUT2D eigenvalue weighted by atomic mass is 35.5. The molecule has 2 heterocycles. The molecule has 0 amide bonds. The molecule has 0 bridgehead atoms. The van der Waals surface area contributed by atoms with E-state index in [1.54, 1.807) is 17.4 Å². The van der Waals surface area contributed by atoms with Crippen LogP contribution in [0.25, 0.3) is 6.08 Å². The molecule has 14 heavy (non-hydrogen) atoms. The minimum absolute atomic E-state index is 0.280. The van der Waals surface area contributed by atoms with Gasteiger partial charge in [-0.1, -0.05) is 11.6 Å². The van der Waals surface area contributed by atoms with Crippen molar-refractivity contribution in [3.05, 3.63) is 21.2 Å². The van der Waals surface area contributed by atoms with Gasteiger partial charge in [-0.2, -0.15) is 0 Å². The highest BCUT2D eigenvalue weighted by Gasteiger charge is 2.17. The van der Waals surface area contributed by atoms with Gasteiger partial charge in [0, 0.05) is 23.5 Å². The second-order valence-electron chi connectivity index (χ2n) is 3.24. The molecular formula is C9H12ClN3S. The fourth-order valence-electron chi connectivity index (χ4n) is 1.66. The van der Waals surface area contributed by atoms with Crippen molar-refractivity contribution in [1.82, 2.24) is 5.32 Å². The lowest BCUT2D eigenvalue weighted by Crippen LogP contribution is -2.22. The van der Waals surface area contributed by atoms with E-state index in [-0.39, 0.29) is 5.16 Å². The largest absolute Gasteiger partial charge is 0.390 e. The summed E-state index contributed by atoms with van der Waals surface area (Å²) < 4.78 is 0. The monoisotopic (exact) mass is 229 g/mol. The normalized spacial score (nSPS) is 16.8. The minimum Gasteiger partial charge on any atom is -0.390 e. The van der Waals surface area contributed by atoms with Crippen molar-refractivity contribution in [2.75, 3.05) is 12.3 Å². The average molecular weight is 230 g/mol. The maximum Gasteiger partial charge on any atom is 0.0999 e. The van der Waals surface area contributed by atoms with Crippen LogP contribution in [0.2, 0.25) is 0 Å². The van der Waals surface area contributed by atoms with Gasteiger partial charge >= 0.3 is 0 Å².